The van der Waals surface area contributed by atoms with Gasteiger partial charge in [0, 0.05) is 23.6 Å². The van der Waals surface area contributed by atoms with Gasteiger partial charge < -0.3 is 15.0 Å². The molecule has 6 heteroatoms. The summed E-state index contributed by atoms with van der Waals surface area (Å²) in [5.41, 5.74) is 3.79. The van der Waals surface area contributed by atoms with Crippen LogP contribution in [-0.2, 0) is 20.7 Å². The molecule has 3 rings (SSSR count). The summed E-state index contributed by atoms with van der Waals surface area (Å²) in [6, 6.07) is 17.1. The van der Waals surface area contributed by atoms with Crippen molar-refractivity contribution in [2.24, 2.45) is 0 Å². The molecular formula is C23H21N3O3. The molecule has 0 atom stereocenters. The van der Waals surface area contributed by atoms with Gasteiger partial charge in [-0.05, 0) is 36.6 Å². The van der Waals surface area contributed by atoms with Crippen LogP contribution < -0.4 is 5.32 Å². The first-order valence-electron chi connectivity index (χ1n) is 9.24. The number of aromatic nitrogens is 1. The van der Waals surface area contributed by atoms with Gasteiger partial charge in [0.1, 0.15) is 11.6 Å². The lowest BCUT2D eigenvalue weighted by Crippen LogP contribution is -2.30. The van der Waals surface area contributed by atoms with Gasteiger partial charge in [0.15, 0.2) is 6.61 Å². The summed E-state index contributed by atoms with van der Waals surface area (Å²) in [7, 11) is 0. The first-order chi connectivity index (χ1) is 14.1. The molecule has 0 aliphatic rings. The standard InChI is InChI=1S/C23H21N3O3/c1-16-6-8-17(9-7-16)12-19(13-24)23(28)29-15-22(27)25-11-10-18-14-26-21-5-3-2-4-20(18)21/h2-9,12,14,26H,10-11,15H2,1H3,(H,25,27)/b19-12+. The summed E-state index contributed by atoms with van der Waals surface area (Å²) >= 11 is 0. The number of aryl methyl sites for hydroxylation is 1. The van der Waals surface area contributed by atoms with Crippen molar-refractivity contribution in [1.82, 2.24) is 10.3 Å². The van der Waals surface area contributed by atoms with Crippen molar-refractivity contribution in [3.05, 3.63) is 77.0 Å². The molecule has 0 spiro atoms. The number of nitrogens with one attached hydrogen (secondary N) is 2. The van der Waals surface area contributed by atoms with Crippen LogP contribution in [-0.4, -0.2) is 30.0 Å². The van der Waals surface area contributed by atoms with Gasteiger partial charge in [0.25, 0.3) is 5.91 Å². The van der Waals surface area contributed by atoms with Gasteiger partial charge in [0.05, 0.1) is 0 Å². The number of hydrogen-bond acceptors (Lipinski definition) is 4. The van der Waals surface area contributed by atoms with Crippen LogP contribution >= 0.6 is 0 Å². The fourth-order valence-corrected chi connectivity index (χ4v) is 2.90. The van der Waals surface area contributed by atoms with E-state index in [9.17, 15) is 14.9 Å². The molecule has 0 unspecified atom stereocenters. The Bertz CT molecular complexity index is 1090. The van der Waals surface area contributed by atoms with Crippen LogP contribution in [0.3, 0.4) is 0 Å². The Morgan fingerprint density at radius 2 is 1.93 bits per heavy atom. The highest BCUT2D eigenvalue weighted by Crippen LogP contribution is 2.17. The average Bonchev–Trinajstić information content (AvgIpc) is 3.15. The van der Waals surface area contributed by atoms with E-state index in [2.05, 4.69) is 10.3 Å². The SMILES string of the molecule is Cc1ccc(/C=C(\C#N)C(=O)OCC(=O)NCCc2c[nH]c3ccccc23)cc1. The van der Waals surface area contributed by atoms with Crippen molar-refractivity contribution in [2.75, 3.05) is 13.2 Å². The summed E-state index contributed by atoms with van der Waals surface area (Å²) in [5, 5.41) is 13.0. The lowest BCUT2D eigenvalue weighted by atomic mass is 10.1. The summed E-state index contributed by atoms with van der Waals surface area (Å²) in [6.45, 7) is 1.94. The maximum Gasteiger partial charge on any atom is 0.349 e. The first kappa shape index (κ1) is 19.9. The molecule has 0 radical (unpaired) electrons. The Hall–Kier alpha value is -3.85. The van der Waals surface area contributed by atoms with E-state index >= 15 is 0 Å². The zero-order chi connectivity index (χ0) is 20.6. The Kier molecular flexibility index (Phi) is 6.43. The molecule has 1 amide bonds. The maximum absolute atomic E-state index is 12.1. The summed E-state index contributed by atoms with van der Waals surface area (Å²) in [4.78, 5) is 27.2. The molecule has 1 aromatic heterocycles. The number of hydrogen-bond donors (Lipinski definition) is 2. The predicted molar refractivity (Wildman–Crippen MR) is 111 cm³/mol. The molecule has 0 aliphatic heterocycles. The number of H-pyrrole nitrogens is 1. The summed E-state index contributed by atoms with van der Waals surface area (Å²) in [6.07, 6.45) is 4.02. The number of esters is 1. The number of carbonyl (C=O) groups excluding carboxylic acids is 2. The molecule has 6 nitrogen and oxygen atoms in total. The van der Waals surface area contributed by atoms with E-state index in [-0.39, 0.29) is 5.57 Å². The van der Waals surface area contributed by atoms with E-state index in [1.54, 1.807) is 12.1 Å². The number of benzene rings is 2. The van der Waals surface area contributed by atoms with Gasteiger partial charge in [-0.25, -0.2) is 4.79 Å². The van der Waals surface area contributed by atoms with Gasteiger partial charge in [-0.1, -0.05) is 48.0 Å². The van der Waals surface area contributed by atoms with Crippen LogP contribution in [0.5, 0.6) is 0 Å². The van der Waals surface area contributed by atoms with E-state index in [4.69, 9.17) is 4.74 Å². The molecule has 0 aliphatic carbocycles. The number of nitriles is 1. The molecule has 0 saturated carbocycles. The first-order valence-corrected chi connectivity index (χ1v) is 9.24. The monoisotopic (exact) mass is 387 g/mol. The fourth-order valence-electron chi connectivity index (χ4n) is 2.90. The van der Waals surface area contributed by atoms with Crippen LogP contribution in [0.25, 0.3) is 17.0 Å². The van der Waals surface area contributed by atoms with Crippen molar-refractivity contribution >= 4 is 28.9 Å². The van der Waals surface area contributed by atoms with Crippen LogP contribution in [0.15, 0.2) is 60.3 Å². The summed E-state index contributed by atoms with van der Waals surface area (Å²) < 4.78 is 4.96. The summed E-state index contributed by atoms with van der Waals surface area (Å²) in [5.74, 6) is -1.23. The van der Waals surface area contributed by atoms with E-state index in [0.29, 0.717) is 18.5 Å². The van der Waals surface area contributed by atoms with Gasteiger partial charge >= 0.3 is 5.97 Å². The topological polar surface area (TPSA) is 95.0 Å². The minimum Gasteiger partial charge on any atom is -0.451 e. The Labute approximate surface area is 168 Å². The predicted octanol–water partition coefficient (Wildman–Crippen LogP) is 3.29. The number of nitrogens with zero attached hydrogens (tertiary/aromatic N) is 1. The third-order valence-electron chi connectivity index (χ3n) is 4.45. The van der Waals surface area contributed by atoms with E-state index in [1.807, 2.05) is 55.6 Å². The van der Waals surface area contributed by atoms with Crippen molar-refractivity contribution in [3.8, 4) is 6.07 Å². The second kappa shape index (κ2) is 9.38. The Morgan fingerprint density at radius 3 is 2.69 bits per heavy atom. The number of para-hydroxylation sites is 1. The minimum absolute atomic E-state index is 0.152. The highest BCUT2D eigenvalue weighted by Gasteiger charge is 2.13. The molecule has 0 bridgehead atoms. The highest BCUT2D eigenvalue weighted by atomic mass is 16.5. The van der Waals surface area contributed by atoms with E-state index < -0.39 is 18.5 Å². The van der Waals surface area contributed by atoms with Crippen molar-refractivity contribution < 1.29 is 14.3 Å². The fraction of sp³-hybridized carbons (Fsp3) is 0.174. The minimum atomic E-state index is -0.820. The normalized spacial score (nSPS) is 11.1. The van der Waals surface area contributed by atoms with Crippen LogP contribution in [0, 0.1) is 18.3 Å². The number of ether oxygens (including phenoxy) is 1. The van der Waals surface area contributed by atoms with Gasteiger partial charge in [-0.2, -0.15) is 5.26 Å². The van der Waals surface area contributed by atoms with Gasteiger partial charge in [0.2, 0.25) is 0 Å². The van der Waals surface area contributed by atoms with Crippen molar-refractivity contribution in [2.45, 2.75) is 13.3 Å². The third-order valence-corrected chi connectivity index (χ3v) is 4.45. The molecule has 29 heavy (non-hydrogen) atoms. The van der Waals surface area contributed by atoms with E-state index in [0.717, 1.165) is 22.0 Å². The molecule has 0 saturated heterocycles. The molecule has 2 N–H and O–H groups in total. The largest absolute Gasteiger partial charge is 0.451 e. The van der Waals surface area contributed by atoms with Gasteiger partial charge in [-0.15, -0.1) is 0 Å². The smallest absolute Gasteiger partial charge is 0.349 e. The zero-order valence-electron chi connectivity index (χ0n) is 16.1. The number of amides is 1. The maximum atomic E-state index is 12.1. The number of rotatable bonds is 7. The second-order valence-corrected chi connectivity index (χ2v) is 6.62. The number of fused-ring (bicyclic) bond motifs is 1. The lowest BCUT2D eigenvalue weighted by molar-refractivity contribution is -0.144. The Morgan fingerprint density at radius 1 is 1.17 bits per heavy atom. The van der Waals surface area contributed by atoms with E-state index in [1.165, 1.54) is 6.08 Å². The second-order valence-electron chi connectivity index (χ2n) is 6.62. The molecule has 1 heterocycles. The van der Waals surface area contributed by atoms with Gasteiger partial charge in [-0.3, -0.25) is 4.79 Å². The quantitative estimate of drug-likeness (QED) is 0.369. The molecule has 2 aromatic carbocycles. The average molecular weight is 387 g/mol. The van der Waals surface area contributed by atoms with Crippen LogP contribution in [0.4, 0.5) is 0 Å². The number of carbonyl (C=O) groups is 2. The van der Waals surface area contributed by atoms with Crippen molar-refractivity contribution in [3.63, 3.8) is 0 Å². The zero-order valence-corrected chi connectivity index (χ0v) is 16.1. The molecule has 3 aromatic rings. The molecule has 146 valence electrons. The number of aromatic amines is 1. The highest BCUT2D eigenvalue weighted by molar-refractivity contribution is 5.98. The lowest BCUT2D eigenvalue weighted by Gasteiger charge is -2.06. The third kappa shape index (κ3) is 5.33. The Balaban J connectivity index is 1.47. The molecule has 0 fully saturated rings. The molecular weight excluding hydrogens is 366 g/mol. The van der Waals surface area contributed by atoms with Crippen LogP contribution in [0.2, 0.25) is 0 Å². The van der Waals surface area contributed by atoms with Crippen LogP contribution in [0.1, 0.15) is 16.7 Å². The van der Waals surface area contributed by atoms with Crippen molar-refractivity contribution in [1.29, 1.82) is 5.26 Å².